The summed E-state index contributed by atoms with van der Waals surface area (Å²) < 4.78 is 0. The molecule has 0 N–H and O–H groups in total. The lowest BCUT2D eigenvalue weighted by molar-refractivity contribution is -0.400. The van der Waals surface area contributed by atoms with Crippen LogP contribution in [0.2, 0.25) is 5.15 Å². The maximum Gasteiger partial charge on any atom is 0.235 e. The van der Waals surface area contributed by atoms with Crippen molar-refractivity contribution in [1.82, 2.24) is 4.98 Å². The molecule has 0 unspecified atom stereocenters. The van der Waals surface area contributed by atoms with Crippen LogP contribution >= 0.6 is 11.6 Å². The van der Waals surface area contributed by atoms with Crippen molar-refractivity contribution >= 4 is 28.6 Å². The van der Waals surface area contributed by atoms with Crippen molar-refractivity contribution in [3.8, 4) is 0 Å². The molecule has 0 aliphatic carbocycles. The SMILES string of the molecule is Cc1cc(C)c2cc(C=C[N+](=O)[O-])c(Cl)nc2c1. The molecule has 18 heavy (non-hydrogen) atoms. The van der Waals surface area contributed by atoms with Crippen molar-refractivity contribution in [3.05, 3.63) is 56.4 Å². The topological polar surface area (TPSA) is 56.0 Å². The average Bonchev–Trinajstić information content (AvgIpc) is 2.26. The fourth-order valence-electron chi connectivity index (χ4n) is 1.88. The summed E-state index contributed by atoms with van der Waals surface area (Å²) >= 11 is 6.01. The molecule has 2 aromatic rings. The van der Waals surface area contributed by atoms with Crippen molar-refractivity contribution in [2.45, 2.75) is 13.8 Å². The minimum absolute atomic E-state index is 0.269. The van der Waals surface area contributed by atoms with E-state index in [1.165, 1.54) is 6.08 Å². The van der Waals surface area contributed by atoms with Crippen LogP contribution in [0.4, 0.5) is 0 Å². The number of aryl methyl sites for hydroxylation is 2. The molecule has 0 saturated heterocycles. The van der Waals surface area contributed by atoms with Gasteiger partial charge >= 0.3 is 0 Å². The van der Waals surface area contributed by atoms with Gasteiger partial charge in [-0.05, 0) is 37.1 Å². The summed E-state index contributed by atoms with van der Waals surface area (Å²) in [6.07, 6.45) is 2.21. The van der Waals surface area contributed by atoms with E-state index in [1.807, 2.05) is 32.0 Å². The summed E-state index contributed by atoms with van der Waals surface area (Å²) in [4.78, 5) is 14.1. The molecule has 1 aromatic heterocycles. The molecular formula is C13H11ClN2O2. The van der Waals surface area contributed by atoms with E-state index in [2.05, 4.69) is 4.98 Å². The highest BCUT2D eigenvalue weighted by molar-refractivity contribution is 6.31. The van der Waals surface area contributed by atoms with Gasteiger partial charge in [0.1, 0.15) is 5.15 Å². The van der Waals surface area contributed by atoms with Crippen LogP contribution in [-0.4, -0.2) is 9.91 Å². The van der Waals surface area contributed by atoms with E-state index in [0.29, 0.717) is 5.56 Å². The minimum Gasteiger partial charge on any atom is -0.259 e. The number of hydrogen-bond acceptors (Lipinski definition) is 3. The van der Waals surface area contributed by atoms with Crippen LogP contribution in [0.1, 0.15) is 16.7 Å². The molecule has 0 amide bonds. The maximum atomic E-state index is 10.3. The van der Waals surface area contributed by atoms with E-state index in [9.17, 15) is 10.1 Å². The zero-order valence-electron chi connectivity index (χ0n) is 9.98. The molecule has 92 valence electrons. The van der Waals surface area contributed by atoms with E-state index in [4.69, 9.17) is 11.6 Å². The molecule has 5 heteroatoms. The summed E-state index contributed by atoms with van der Waals surface area (Å²) in [6.45, 7) is 3.97. The second-order valence-corrected chi connectivity index (χ2v) is 4.48. The summed E-state index contributed by atoms with van der Waals surface area (Å²) in [5.41, 5.74) is 3.53. The number of fused-ring (bicyclic) bond motifs is 1. The first-order chi connectivity index (χ1) is 8.47. The number of nitrogens with zero attached hydrogens (tertiary/aromatic N) is 2. The molecule has 0 atom stereocenters. The lowest BCUT2D eigenvalue weighted by Gasteiger charge is -2.06. The van der Waals surface area contributed by atoms with Gasteiger partial charge < -0.3 is 0 Å². The number of rotatable bonds is 2. The van der Waals surface area contributed by atoms with Crippen molar-refractivity contribution in [2.75, 3.05) is 0 Å². The third kappa shape index (κ3) is 2.49. The Bertz CT molecular complexity index is 666. The lowest BCUT2D eigenvalue weighted by Crippen LogP contribution is -1.90. The van der Waals surface area contributed by atoms with Crippen molar-refractivity contribution in [1.29, 1.82) is 0 Å². The van der Waals surface area contributed by atoms with Crippen LogP contribution in [0.5, 0.6) is 0 Å². The Labute approximate surface area is 109 Å². The summed E-state index contributed by atoms with van der Waals surface area (Å²) in [5.74, 6) is 0. The van der Waals surface area contributed by atoms with Gasteiger partial charge in [-0.1, -0.05) is 17.7 Å². The molecule has 4 nitrogen and oxygen atoms in total. The highest BCUT2D eigenvalue weighted by Gasteiger charge is 2.06. The van der Waals surface area contributed by atoms with Gasteiger partial charge in [0.2, 0.25) is 6.20 Å². The van der Waals surface area contributed by atoms with Crippen LogP contribution in [0.15, 0.2) is 24.4 Å². The third-order valence-electron chi connectivity index (χ3n) is 2.64. The molecule has 0 spiro atoms. The van der Waals surface area contributed by atoms with Gasteiger partial charge in [0.15, 0.2) is 0 Å². The number of benzene rings is 1. The Balaban J connectivity index is 2.64. The van der Waals surface area contributed by atoms with E-state index in [-0.39, 0.29) is 5.15 Å². The number of pyridine rings is 1. The Kier molecular flexibility index (Phi) is 3.30. The van der Waals surface area contributed by atoms with Crippen LogP contribution in [0.25, 0.3) is 17.0 Å². The van der Waals surface area contributed by atoms with Gasteiger partial charge in [-0.15, -0.1) is 0 Å². The van der Waals surface area contributed by atoms with E-state index < -0.39 is 4.92 Å². The number of nitro groups is 1. The van der Waals surface area contributed by atoms with Gasteiger partial charge in [-0.3, -0.25) is 10.1 Å². The van der Waals surface area contributed by atoms with Gasteiger partial charge in [0.05, 0.1) is 10.4 Å². The second kappa shape index (κ2) is 4.74. The molecule has 2 rings (SSSR count). The van der Waals surface area contributed by atoms with Gasteiger partial charge in [0.25, 0.3) is 0 Å². The first kappa shape index (κ1) is 12.5. The molecule has 1 aromatic carbocycles. The van der Waals surface area contributed by atoms with Crippen LogP contribution in [-0.2, 0) is 0 Å². The zero-order chi connectivity index (χ0) is 13.3. The predicted molar refractivity (Wildman–Crippen MR) is 72.3 cm³/mol. The summed E-state index contributed by atoms with van der Waals surface area (Å²) in [6, 6.07) is 5.80. The molecule has 0 aliphatic heterocycles. The number of aromatic nitrogens is 1. The monoisotopic (exact) mass is 262 g/mol. The lowest BCUT2D eigenvalue weighted by atomic mass is 10.0. The molecule has 1 heterocycles. The number of hydrogen-bond donors (Lipinski definition) is 0. The van der Waals surface area contributed by atoms with Gasteiger partial charge in [-0.2, -0.15) is 0 Å². The highest BCUT2D eigenvalue weighted by atomic mass is 35.5. The van der Waals surface area contributed by atoms with Crippen molar-refractivity contribution in [2.24, 2.45) is 0 Å². The highest BCUT2D eigenvalue weighted by Crippen LogP contribution is 2.25. The predicted octanol–water partition coefficient (Wildman–Crippen LogP) is 3.75. The van der Waals surface area contributed by atoms with Gasteiger partial charge in [-0.25, -0.2) is 4.98 Å². The quantitative estimate of drug-likeness (QED) is 0.470. The summed E-state index contributed by atoms with van der Waals surface area (Å²) in [7, 11) is 0. The van der Waals surface area contributed by atoms with Gasteiger partial charge in [0, 0.05) is 17.0 Å². The summed E-state index contributed by atoms with van der Waals surface area (Å²) in [5, 5.41) is 11.5. The second-order valence-electron chi connectivity index (χ2n) is 4.12. The third-order valence-corrected chi connectivity index (χ3v) is 2.94. The molecule has 0 fully saturated rings. The first-order valence-electron chi connectivity index (χ1n) is 5.36. The van der Waals surface area contributed by atoms with E-state index >= 15 is 0 Å². The van der Waals surface area contributed by atoms with Crippen LogP contribution in [0, 0.1) is 24.0 Å². The van der Waals surface area contributed by atoms with Crippen molar-refractivity contribution < 1.29 is 4.92 Å². The minimum atomic E-state index is -0.525. The van der Waals surface area contributed by atoms with E-state index in [0.717, 1.165) is 28.2 Å². The number of halogens is 1. The Morgan fingerprint density at radius 3 is 2.72 bits per heavy atom. The fourth-order valence-corrected chi connectivity index (χ4v) is 2.09. The molecular weight excluding hydrogens is 252 g/mol. The molecule has 0 saturated carbocycles. The van der Waals surface area contributed by atoms with Crippen LogP contribution in [0.3, 0.4) is 0 Å². The Morgan fingerprint density at radius 2 is 2.06 bits per heavy atom. The van der Waals surface area contributed by atoms with Crippen LogP contribution < -0.4 is 0 Å². The molecule has 0 aliphatic rings. The van der Waals surface area contributed by atoms with Crippen molar-refractivity contribution in [3.63, 3.8) is 0 Å². The standard InChI is InChI=1S/C13H11ClN2O2/c1-8-5-9(2)11-7-10(3-4-16(17)18)13(14)15-12(11)6-8/h3-7H,1-2H3. The average molecular weight is 263 g/mol. The fraction of sp³-hybridized carbons (Fsp3) is 0.154. The first-order valence-corrected chi connectivity index (χ1v) is 5.74. The Morgan fingerprint density at radius 1 is 1.33 bits per heavy atom. The molecule has 0 bridgehead atoms. The largest absolute Gasteiger partial charge is 0.259 e. The zero-order valence-corrected chi connectivity index (χ0v) is 10.7. The smallest absolute Gasteiger partial charge is 0.235 e. The normalized spacial score (nSPS) is 11.3. The van der Waals surface area contributed by atoms with E-state index in [1.54, 1.807) is 0 Å². The molecule has 0 radical (unpaired) electrons. The maximum absolute atomic E-state index is 10.3. The Hall–Kier alpha value is -1.94.